The smallest absolute Gasteiger partial charge is 0.122 e. The molecule has 0 aliphatic rings. The highest BCUT2D eigenvalue weighted by molar-refractivity contribution is 6.18. The van der Waals surface area contributed by atoms with Crippen molar-refractivity contribution in [2.24, 2.45) is 0 Å². The van der Waals surface area contributed by atoms with Gasteiger partial charge in [0.25, 0.3) is 0 Å². The molecule has 118 valence electrons. The Morgan fingerprint density at radius 3 is 2.68 bits per heavy atom. The van der Waals surface area contributed by atoms with Crippen molar-refractivity contribution in [1.82, 2.24) is 0 Å². The van der Waals surface area contributed by atoms with Gasteiger partial charge in [-0.25, -0.2) is 0 Å². The van der Waals surface area contributed by atoms with E-state index in [-0.39, 0.29) is 12.5 Å². The number of rotatable bonds is 8. The van der Waals surface area contributed by atoms with Crippen LogP contribution in [-0.4, -0.2) is 30.8 Å². The lowest BCUT2D eigenvalue weighted by Gasteiger charge is -2.13. The summed E-state index contributed by atoms with van der Waals surface area (Å²) in [4.78, 5) is 0. The van der Waals surface area contributed by atoms with Gasteiger partial charge < -0.3 is 14.6 Å². The van der Waals surface area contributed by atoms with E-state index in [1.807, 2.05) is 42.5 Å². The molecule has 2 aromatic rings. The highest BCUT2D eigenvalue weighted by atomic mass is 35.5. The van der Waals surface area contributed by atoms with Gasteiger partial charge in [-0.1, -0.05) is 30.3 Å². The van der Waals surface area contributed by atoms with Crippen LogP contribution in [0.1, 0.15) is 11.1 Å². The number of benzene rings is 2. The summed E-state index contributed by atoms with van der Waals surface area (Å²) in [5.74, 6) is 1.84. The molecule has 0 aromatic heterocycles. The van der Waals surface area contributed by atoms with Gasteiger partial charge in [0, 0.05) is 0 Å². The van der Waals surface area contributed by atoms with Crippen LogP contribution in [0, 0.1) is 0 Å². The average molecular weight is 321 g/mol. The fourth-order valence-corrected chi connectivity index (χ4v) is 2.28. The third-order valence-corrected chi connectivity index (χ3v) is 3.76. The Morgan fingerprint density at radius 1 is 1.09 bits per heavy atom. The van der Waals surface area contributed by atoms with Crippen LogP contribution in [0.3, 0.4) is 0 Å². The Bertz CT molecular complexity index is 586. The summed E-state index contributed by atoms with van der Waals surface area (Å²) in [5.41, 5.74) is 2.34. The molecule has 1 N–H and O–H groups in total. The second-order valence-corrected chi connectivity index (χ2v) is 5.39. The molecule has 0 fully saturated rings. The molecule has 0 aliphatic heterocycles. The maximum Gasteiger partial charge on any atom is 0.122 e. The van der Waals surface area contributed by atoms with E-state index in [4.69, 9.17) is 21.1 Å². The minimum absolute atomic E-state index is 0.173. The number of hydrogen-bond donors (Lipinski definition) is 1. The molecule has 0 bridgehead atoms. The van der Waals surface area contributed by atoms with E-state index < -0.39 is 6.10 Å². The van der Waals surface area contributed by atoms with Crippen LogP contribution in [-0.2, 0) is 12.8 Å². The molecule has 0 saturated heterocycles. The summed E-state index contributed by atoms with van der Waals surface area (Å²) in [5, 5.41) is 9.50. The molecule has 0 saturated carbocycles. The van der Waals surface area contributed by atoms with E-state index in [2.05, 4.69) is 6.07 Å². The number of aliphatic hydroxyl groups excluding tert-OH is 1. The fourth-order valence-electron chi connectivity index (χ4n) is 2.19. The SMILES string of the molecule is COc1cccc(CCc2ccccc2OCC(O)CCl)c1. The lowest BCUT2D eigenvalue weighted by Crippen LogP contribution is -2.19. The van der Waals surface area contributed by atoms with Gasteiger partial charge in [0.15, 0.2) is 0 Å². The molecule has 4 heteroatoms. The highest BCUT2D eigenvalue weighted by Crippen LogP contribution is 2.21. The summed E-state index contributed by atoms with van der Waals surface area (Å²) >= 11 is 5.59. The topological polar surface area (TPSA) is 38.7 Å². The van der Waals surface area contributed by atoms with Crippen LogP contribution < -0.4 is 9.47 Å². The number of halogens is 1. The zero-order valence-corrected chi connectivity index (χ0v) is 13.4. The number of para-hydroxylation sites is 1. The molecule has 3 nitrogen and oxygen atoms in total. The van der Waals surface area contributed by atoms with Crippen molar-refractivity contribution in [3.63, 3.8) is 0 Å². The number of aliphatic hydroxyl groups is 1. The molecule has 2 rings (SSSR count). The molecule has 2 aromatic carbocycles. The van der Waals surface area contributed by atoms with Gasteiger partial charge in [-0.3, -0.25) is 0 Å². The Morgan fingerprint density at radius 2 is 1.91 bits per heavy atom. The van der Waals surface area contributed by atoms with Crippen LogP contribution in [0.2, 0.25) is 0 Å². The number of methoxy groups -OCH3 is 1. The number of ether oxygens (including phenoxy) is 2. The number of aryl methyl sites for hydroxylation is 2. The van der Waals surface area contributed by atoms with Gasteiger partial charge in [0.1, 0.15) is 24.2 Å². The first-order valence-electron chi connectivity index (χ1n) is 7.30. The number of alkyl halides is 1. The van der Waals surface area contributed by atoms with E-state index in [1.165, 1.54) is 5.56 Å². The highest BCUT2D eigenvalue weighted by Gasteiger charge is 2.07. The Balaban J connectivity index is 1.99. The minimum Gasteiger partial charge on any atom is -0.497 e. The molecule has 0 radical (unpaired) electrons. The lowest BCUT2D eigenvalue weighted by atomic mass is 10.0. The molecule has 0 spiro atoms. The fraction of sp³-hybridized carbons (Fsp3) is 0.333. The quantitative estimate of drug-likeness (QED) is 0.757. The van der Waals surface area contributed by atoms with Crippen LogP contribution in [0.15, 0.2) is 48.5 Å². The molecule has 22 heavy (non-hydrogen) atoms. The molecular formula is C18H21ClO3. The van der Waals surface area contributed by atoms with E-state index in [0.29, 0.717) is 0 Å². The van der Waals surface area contributed by atoms with Crippen LogP contribution in [0.4, 0.5) is 0 Å². The second kappa shape index (κ2) is 8.66. The standard InChI is InChI=1S/C18H21ClO3/c1-21-17-7-4-5-14(11-17)9-10-15-6-2-3-8-18(15)22-13-16(20)12-19/h2-8,11,16,20H,9-10,12-13H2,1H3. The van der Waals surface area contributed by atoms with Crippen molar-refractivity contribution in [3.05, 3.63) is 59.7 Å². The Labute approximate surface area is 136 Å². The van der Waals surface area contributed by atoms with Gasteiger partial charge in [-0.2, -0.15) is 0 Å². The summed E-state index contributed by atoms with van der Waals surface area (Å²) < 4.78 is 10.9. The van der Waals surface area contributed by atoms with E-state index in [1.54, 1.807) is 7.11 Å². The number of hydrogen-bond acceptors (Lipinski definition) is 3. The van der Waals surface area contributed by atoms with Gasteiger partial charge in [-0.15, -0.1) is 11.6 Å². The minimum atomic E-state index is -0.645. The molecule has 0 heterocycles. The van der Waals surface area contributed by atoms with E-state index in [9.17, 15) is 5.11 Å². The maximum atomic E-state index is 9.50. The predicted molar refractivity (Wildman–Crippen MR) is 89.1 cm³/mol. The first-order valence-corrected chi connectivity index (χ1v) is 7.84. The first kappa shape index (κ1) is 16.7. The van der Waals surface area contributed by atoms with Crippen molar-refractivity contribution in [2.75, 3.05) is 19.6 Å². The average Bonchev–Trinajstić information content (AvgIpc) is 2.58. The van der Waals surface area contributed by atoms with Crippen LogP contribution >= 0.6 is 11.6 Å². The van der Waals surface area contributed by atoms with Crippen molar-refractivity contribution < 1.29 is 14.6 Å². The van der Waals surface area contributed by atoms with Crippen LogP contribution in [0.25, 0.3) is 0 Å². The van der Waals surface area contributed by atoms with Crippen molar-refractivity contribution in [1.29, 1.82) is 0 Å². The summed E-state index contributed by atoms with van der Waals surface area (Å²) in [6.45, 7) is 0.208. The summed E-state index contributed by atoms with van der Waals surface area (Å²) in [6, 6.07) is 15.9. The zero-order chi connectivity index (χ0) is 15.8. The van der Waals surface area contributed by atoms with Crippen molar-refractivity contribution >= 4 is 11.6 Å². The molecule has 0 amide bonds. The largest absolute Gasteiger partial charge is 0.497 e. The molecule has 1 unspecified atom stereocenters. The van der Waals surface area contributed by atoms with Crippen molar-refractivity contribution in [2.45, 2.75) is 18.9 Å². The third kappa shape index (κ3) is 4.93. The third-order valence-electron chi connectivity index (χ3n) is 3.40. The molecular weight excluding hydrogens is 300 g/mol. The first-order chi connectivity index (χ1) is 10.7. The second-order valence-electron chi connectivity index (χ2n) is 5.08. The van der Waals surface area contributed by atoms with Gasteiger partial charge >= 0.3 is 0 Å². The van der Waals surface area contributed by atoms with Crippen LogP contribution in [0.5, 0.6) is 11.5 Å². The lowest BCUT2D eigenvalue weighted by molar-refractivity contribution is 0.124. The monoisotopic (exact) mass is 320 g/mol. The van der Waals surface area contributed by atoms with Gasteiger partial charge in [0.05, 0.1) is 13.0 Å². The molecule has 1 atom stereocenters. The molecule has 0 aliphatic carbocycles. The van der Waals surface area contributed by atoms with Gasteiger partial charge in [-0.05, 0) is 42.2 Å². The van der Waals surface area contributed by atoms with E-state index in [0.717, 1.165) is 29.9 Å². The Hall–Kier alpha value is -1.71. The Kier molecular flexibility index (Phi) is 6.56. The summed E-state index contributed by atoms with van der Waals surface area (Å²) in [7, 11) is 1.67. The summed E-state index contributed by atoms with van der Waals surface area (Å²) in [6.07, 6.45) is 1.11. The normalized spacial score (nSPS) is 12.0. The predicted octanol–water partition coefficient (Wildman–Crippen LogP) is 3.46. The van der Waals surface area contributed by atoms with E-state index >= 15 is 0 Å². The maximum absolute atomic E-state index is 9.50. The zero-order valence-electron chi connectivity index (χ0n) is 12.7. The van der Waals surface area contributed by atoms with Gasteiger partial charge in [0.2, 0.25) is 0 Å². The van der Waals surface area contributed by atoms with Crippen molar-refractivity contribution in [3.8, 4) is 11.5 Å².